The molecule has 0 unspecified atom stereocenters. The van der Waals surface area contributed by atoms with Crippen molar-refractivity contribution in [1.82, 2.24) is 4.98 Å². The summed E-state index contributed by atoms with van der Waals surface area (Å²) in [4.78, 5) is 14.4. The van der Waals surface area contributed by atoms with E-state index < -0.39 is 12.8 Å². The predicted octanol–water partition coefficient (Wildman–Crippen LogP) is 4.69. The second kappa shape index (κ2) is 8.24. The number of ether oxygens (including phenoxy) is 2. The molecule has 0 aliphatic heterocycles. The molecule has 0 atom stereocenters. The van der Waals surface area contributed by atoms with E-state index in [1.807, 2.05) is 18.2 Å². The lowest BCUT2D eigenvalue weighted by Crippen LogP contribution is -2.19. The SMILES string of the molecule is CC(=O)Nc1c[nH]c2ccc(CCOc3ccc(OCC(F)(F)F)cc3)cc12. The molecule has 0 radical (unpaired) electrons. The van der Waals surface area contributed by atoms with Gasteiger partial charge in [-0.05, 0) is 42.0 Å². The van der Waals surface area contributed by atoms with E-state index in [4.69, 9.17) is 4.74 Å². The third-order valence-corrected chi connectivity index (χ3v) is 3.94. The molecule has 1 heterocycles. The molecule has 0 saturated heterocycles. The number of hydrogen-bond donors (Lipinski definition) is 2. The minimum atomic E-state index is -4.37. The number of aromatic nitrogens is 1. The second-order valence-electron chi connectivity index (χ2n) is 6.24. The van der Waals surface area contributed by atoms with E-state index in [-0.39, 0.29) is 11.7 Å². The maximum absolute atomic E-state index is 12.1. The van der Waals surface area contributed by atoms with Crippen LogP contribution in [0.2, 0.25) is 0 Å². The van der Waals surface area contributed by atoms with E-state index in [9.17, 15) is 18.0 Å². The standard InChI is InChI=1S/C20H19F3N2O3/c1-13(26)25-19-11-24-18-7-2-14(10-17(18)19)8-9-27-15-3-5-16(6-4-15)28-12-20(21,22)23/h2-7,10-11,24H,8-9,12H2,1H3,(H,25,26). The average molecular weight is 392 g/mol. The first-order chi connectivity index (χ1) is 13.3. The van der Waals surface area contributed by atoms with Gasteiger partial charge < -0.3 is 19.8 Å². The van der Waals surface area contributed by atoms with E-state index in [1.165, 1.54) is 19.1 Å². The van der Waals surface area contributed by atoms with Crippen LogP contribution < -0.4 is 14.8 Å². The minimum absolute atomic E-state index is 0.132. The molecule has 28 heavy (non-hydrogen) atoms. The maximum atomic E-state index is 12.1. The fraction of sp³-hybridized carbons (Fsp3) is 0.250. The Bertz CT molecular complexity index is 949. The Morgan fingerprint density at radius 3 is 2.39 bits per heavy atom. The number of anilines is 1. The maximum Gasteiger partial charge on any atom is 0.422 e. The number of halogens is 3. The normalized spacial score (nSPS) is 11.4. The Labute approximate surface area is 159 Å². The van der Waals surface area contributed by atoms with Gasteiger partial charge in [-0.15, -0.1) is 0 Å². The van der Waals surface area contributed by atoms with Crippen molar-refractivity contribution in [1.29, 1.82) is 0 Å². The van der Waals surface area contributed by atoms with E-state index in [0.29, 0.717) is 18.8 Å². The summed E-state index contributed by atoms with van der Waals surface area (Å²) in [5.41, 5.74) is 2.67. The Morgan fingerprint density at radius 1 is 1.07 bits per heavy atom. The second-order valence-corrected chi connectivity index (χ2v) is 6.24. The van der Waals surface area contributed by atoms with Crippen LogP contribution in [0.4, 0.5) is 18.9 Å². The van der Waals surface area contributed by atoms with Crippen LogP contribution >= 0.6 is 0 Å². The lowest BCUT2D eigenvalue weighted by Gasteiger charge is -2.10. The van der Waals surface area contributed by atoms with Crippen molar-refractivity contribution in [2.75, 3.05) is 18.5 Å². The van der Waals surface area contributed by atoms with Gasteiger partial charge in [-0.2, -0.15) is 13.2 Å². The number of hydrogen-bond acceptors (Lipinski definition) is 3. The summed E-state index contributed by atoms with van der Waals surface area (Å²) in [5.74, 6) is 0.534. The third kappa shape index (κ3) is 5.42. The minimum Gasteiger partial charge on any atom is -0.493 e. The highest BCUT2D eigenvalue weighted by Gasteiger charge is 2.28. The molecule has 0 spiro atoms. The zero-order valence-corrected chi connectivity index (χ0v) is 15.1. The Kier molecular flexibility index (Phi) is 5.77. The topological polar surface area (TPSA) is 63.4 Å². The average Bonchev–Trinajstić information content (AvgIpc) is 3.02. The van der Waals surface area contributed by atoms with Crippen molar-refractivity contribution in [2.45, 2.75) is 19.5 Å². The predicted molar refractivity (Wildman–Crippen MR) is 99.8 cm³/mol. The van der Waals surface area contributed by atoms with Gasteiger partial charge in [0.05, 0.1) is 12.3 Å². The highest BCUT2D eigenvalue weighted by Crippen LogP contribution is 2.25. The highest BCUT2D eigenvalue weighted by molar-refractivity contribution is 6.01. The first kappa shape index (κ1) is 19.6. The number of rotatable bonds is 7. The summed E-state index contributed by atoms with van der Waals surface area (Å²) in [5, 5.41) is 3.69. The molecule has 5 nitrogen and oxygen atoms in total. The summed E-state index contributed by atoms with van der Waals surface area (Å²) in [7, 11) is 0. The monoisotopic (exact) mass is 392 g/mol. The van der Waals surface area contributed by atoms with Gasteiger partial charge in [0.1, 0.15) is 11.5 Å². The number of aromatic amines is 1. The Hall–Kier alpha value is -3.16. The van der Waals surface area contributed by atoms with E-state index in [2.05, 4.69) is 15.0 Å². The van der Waals surface area contributed by atoms with Gasteiger partial charge in [-0.3, -0.25) is 4.79 Å². The molecule has 2 aromatic carbocycles. The quantitative estimate of drug-likeness (QED) is 0.613. The summed E-state index contributed by atoms with van der Waals surface area (Å²) >= 11 is 0. The fourth-order valence-corrected chi connectivity index (χ4v) is 2.70. The molecular weight excluding hydrogens is 373 g/mol. The van der Waals surface area contributed by atoms with Crippen LogP contribution in [-0.4, -0.2) is 30.3 Å². The summed E-state index contributed by atoms with van der Waals surface area (Å²) in [6.45, 7) is 0.527. The fourth-order valence-electron chi connectivity index (χ4n) is 2.70. The highest BCUT2D eigenvalue weighted by atomic mass is 19.4. The zero-order chi connectivity index (χ0) is 20.1. The Morgan fingerprint density at radius 2 is 1.75 bits per heavy atom. The summed E-state index contributed by atoms with van der Waals surface area (Å²) in [6.07, 6.45) is -1.99. The first-order valence-electron chi connectivity index (χ1n) is 8.60. The molecule has 2 N–H and O–H groups in total. The number of alkyl halides is 3. The van der Waals surface area contributed by atoms with E-state index in [0.717, 1.165) is 22.2 Å². The number of nitrogens with one attached hydrogen (secondary N) is 2. The van der Waals surface area contributed by atoms with Crippen LogP contribution in [0.15, 0.2) is 48.7 Å². The molecule has 1 amide bonds. The van der Waals surface area contributed by atoms with E-state index >= 15 is 0 Å². The number of H-pyrrole nitrogens is 1. The Balaban J connectivity index is 1.55. The van der Waals surface area contributed by atoms with Gasteiger partial charge in [0, 0.05) is 30.4 Å². The lowest BCUT2D eigenvalue weighted by molar-refractivity contribution is -0.153. The van der Waals surface area contributed by atoms with Crippen LogP contribution in [0.25, 0.3) is 10.9 Å². The number of carbonyl (C=O) groups is 1. The molecule has 8 heteroatoms. The van der Waals surface area contributed by atoms with Crippen LogP contribution in [-0.2, 0) is 11.2 Å². The molecule has 3 aromatic rings. The van der Waals surface area contributed by atoms with Crippen molar-refractivity contribution < 1.29 is 27.4 Å². The number of benzene rings is 2. The molecule has 148 valence electrons. The van der Waals surface area contributed by atoms with Gasteiger partial charge in [-0.1, -0.05) is 6.07 Å². The molecule has 3 rings (SSSR count). The van der Waals surface area contributed by atoms with Crippen LogP contribution in [0, 0.1) is 0 Å². The van der Waals surface area contributed by atoms with Gasteiger partial charge in [0.15, 0.2) is 6.61 Å². The lowest BCUT2D eigenvalue weighted by atomic mass is 10.1. The van der Waals surface area contributed by atoms with Crippen LogP contribution in [0.3, 0.4) is 0 Å². The molecule has 1 aromatic heterocycles. The molecule has 0 aliphatic rings. The van der Waals surface area contributed by atoms with Gasteiger partial charge >= 0.3 is 6.18 Å². The molecule has 0 bridgehead atoms. The van der Waals surface area contributed by atoms with Crippen LogP contribution in [0.1, 0.15) is 12.5 Å². The molecule has 0 aliphatic carbocycles. The first-order valence-corrected chi connectivity index (χ1v) is 8.60. The van der Waals surface area contributed by atoms with Gasteiger partial charge in [0.25, 0.3) is 0 Å². The molecule has 0 fully saturated rings. The largest absolute Gasteiger partial charge is 0.493 e. The van der Waals surface area contributed by atoms with Crippen molar-refractivity contribution in [3.63, 3.8) is 0 Å². The number of fused-ring (bicyclic) bond motifs is 1. The van der Waals surface area contributed by atoms with Gasteiger partial charge in [-0.25, -0.2) is 0 Å². The summed E-state index contributed by atoms with van der Waals surface area (Å²) < 4.78 is 46.7. The molecule has 0 saturated carbocycles. The van der Waals surface area contributed by atoms with Crippen LogP contribution in [0.5, 0.6) is 11.5 Å². The smallest absolute Gasteiger partial charge is 0.422 e. The van der Waals surface area contributed by atoms with Gasteiger partial charge in [0.2, 0.25) is 5.91 Å². The summed E-state index contributed by atoms with van der Waals surface area (Å²) in [6, 6.07) is 11.9. The zero-order valence-electron chi connectivity index (χ0n) is 15.1. The number of amides is 1. The van der Waals surface area contributed by atoms with E-state index in [1.54, 1.807) is 18.3 Å². The van der Waals surface area contributed by atoms with Crippen molar-refractivity contribution in [3.8, 4) is 11.5 Å². The van der Waals surface area contributed by atoms with Crippen molar-refractivity contribution in [3.05, 3.63) is 54.2 Å². The third-order valence-electron chi connectivity index (χ3n) is 3.94. The van der Waals surface area contributed by atoms with Crippen molar-refractivity contribution in [2.24, 2.45) is 0 Å². The molecular formula is C20H19F3N2O3. The number of carbonyl (C=O) groups excluding carboxylic acids is 1. The van der Waals surface area contributed by atoms with Crippen molar-refractivity contribution >= 4 is 22.5 Å².